The van der Waals surface area contributed by atoms with Crippen molar-refractivity contribution in [1.82, 2.24) is 5.32 Å². The molecule has 0 aliphatic heterocycles. The molecule has 0 unspecified atom stereocenters. The molecule has 1 atom stereocenters. The van der Waals surface area contributed by atoms with Gasteiger partial charge in [0.2, 0.25) is 0 Å². The van der Waals surface area contributed by atoms with Crippen molar-refractivity contribution in [2.75, 3.05) is 0 Å². The van der Waals surface area contributed by atoms with Gasteiger partial charge in [0.05, 0.1) is 0 Å². The summed E-state index contributed by atoms with van der Waals surface area (Å²) in [6.45, 7) is 0. The van der Waals surface area contributed by atoms with Gasteiger partial charge in [-0.15, -0.1) is 0 Å². The van der Waals surface area contributed by atoms with Gasteiger partial charge in [-0.3, -0.25) is 4.79 Å². The predicted molar refractivity (Wildman–Crippen MR) is 70.6 cm³/mol. The maximum atomic E-state index is 13.6. The molecular weight excluding hydrogens is 280 g/mol. The number of rotatable bonds is 4. The van der Waals surface area contributed by atoms with Crippen molar-refractivity contribution in [3.63, 3.8) is 0 Å². The first-order chi connectivity index (χ1) is 9.99. The molecule has 2 aromatic rings. The summed E-state index contributed by atoms with van der Waals surface area (Å²) >= 11 is 0. The van der Waals surface area contributed by atoms with Crippen LogP contribution in [0, 0.1) is 11.6 Å². The third-order valence-electron chi connectivity index (χ3n) is 2.83. The standard InChI is InChI=1S/C15H11F2NO3/c16-10-5-3-4-9(8-10)14(19)18-13(15(20)21)11-6-1-2-7-12(11)17/h1-8,13H,(H,18,19)(H,20,21)/t13-/m1/s1. The minimum Gasteiger partial charge on any atom is -0.479 e. The Balaban J connectivity index is 2.27. The molecule has 0 radical (unpaired) electrons. The van der Waals surface area contributed by atoms with Crippen LogP contribution in [0.4, 0.5) is 8.78 Å². The summed E-state index contributed by atoms with van der Waals surface area (Å²) in [5.74, 6) is -3.58. The topological polar surface area (TPSA) is 66.4 Å². The first-order valence-electron chi connectivity index (χ1n) is 6.02. The second-order valence-electron chi connectivity index (χ2n) is 4.28. The molecule has 2 N–H and O–H groups in total. The molecule has 0 saturated heterocycles. The van der Waals surface area contributed by atoms with Gasteiger partial charge in [0, 0.05) is 11.1 Å². The summed E-state index contributed by atoms with van der Waals surface area (Å²) in [5, 5.41) is 11.3. The average Bonchev–Trinajstić information content (AvgIpc) is 2.45. The molecule has 108 valence electrons. The highest BCUT2D eigenvalue weighted by Crippen LogP contribution is 2.18. The number of halogens is 2. The van der Waals surface area contributed by atoms with Crippen LogP contribution < -0.4 is 5.32 Å². The minimum atomic E-state index is -1.55. The third-order valence-corrected chi connectivity index (χ3v) is 2.83. The molecule has 0 spiro atoms. The summed E-state index contributed by atoms with van der Waals surface area (Å²) in [6.07, 6.45) is 0. The minimum absolute atomic E-state index is 0.0439. The zero-order valence-electron chi connectivity index (χ0n) is 10.7. The zero-order chi connectivity index (χ0) is 15.4. The lowest BCUT2D eigenvalue weighted by molar-refractivity contribution is -0.139. The second-order valence-corrected chi connectivity index (χ2v) is 4.28. The van der Waals surface area contributed by atoms with Crippen LogP contribution in [-0.4, -0.2) is 17.0 Å². The van der Waals surface area contributed by atoms with Crippen LogP contribution >= 0.6 is 0 Å². The molecule has 0 aliphatic carbocycles. The van der Waals surface area contributed by atoms with Gasteiger partial charge in [-0.2, -0.15) is 0 Å². The predicted octanol–water partition coefficient (Wildman–Crippen LogP) is 2.52. The van der Waals surface area contributed by atoms with Gasteiger partial charge in [-0.25, -0.2) is 13.6 Å². The van der Waals surface area contributed by atoms with E-state index in [-0.39, 0.29) is 11.1 Å². The number of aliphatic carboxylic acids is 1. The van der Waals surface area contributed by atoms with Crippen molar-refractivity contribution in [2.45, 2.75) is 6.04 Å². The van der Waals surface area contributed by atoms with Gasteiger partial charge in [0.1, 0.15) is 11.6 Å². The van der Waals surface area contributed by atoms with E-state index in [1.165, 1.54) is 30.3 Å². The fraction of sp³-hybridized carbons (Fsp3) is 0.0667. The molecule has 0 bridgehead atoms. The van der Waals surface area contributed by atoms with Crippen LogP contribution in [0.2, 0.25) is 0 Å². The maximum Gasteiger partial charge on any atom is 0.331 e. The number of carbonyl (C=O) groups is 2. The van der Waals surface area contributed by atoms with Gasteiger partial charge >= 0.3 is 5.97 Å². The molecule has 0 heterocycles. The summed E-state index contributed by atoms with van der Waals surface area (Å²) in [6, 6.07) is 8.45. The molecule has 4 nitrogen and oxygen atoms in total. The van der Waals surface area contributed by atoms with Crippen LogP contribution in [0.3, 0.4) is 0 Å². The van der Waals surface area contributed by atoms with E-state index < -0.39 is 29.6 Å². The molecule has 21 heavy (non-hydrogen) atoms. The lowest BCUT2D eigenvalue weighted by atomic mass is 10.1. The molecule has 1 amide bonds. The van der Waals surface area contributed by atoms with E-state index in [2.05, 4.69) is 5.32 Å². The monoisotopic (exact) mass is 291 g/mol. The molecule has 0 fully saturated rings. The lowest BCUT2D eigenvalue weighted by Crippen LogP contribution is -2.34. The normalized spacial score (nSPS) is 11.7. The molecular formula is C15H11F2NO3. The summed E-state index contributed by atoms with van der Waals surface area (Å²) in [5.41, 5.74) is -0.215. The highest BCUT2D eigenvalue weighted by molar-refractivity contribution is 5.96. The van der Waals surface area contributed by atoms with E-state index in [9.17, 15) is 18.4 Å². The van der Waals surface area contributed by atoms with Crippen LogP contribution in [-0.2, 0) is 4.79 Å². The Bertz CT molecular complexity index is 688. The first kappa shape index (κ1) is 14.6. The van der Waals surface area contributed by atoms with Crippen molar-refractivity contribution < 1.29 is 23.5 Å². The summed E-state index contributed by atoms with van der Waals surface area (Å²) in [7, 11) is 0. The summed E-state index contributed by atoms with van der Waals surface area (Å²) < 4.78 is 26.7. The van der Waals surface area contributed by atoms with Crippen LogP contribution in [0.15, 0.2) is 48.5 Å². The van der Waals surface area contributed by atoms with Crippen molar-refractivity contribution >= 4 is 11.9 Å². The van der Waals surface area contributed by atoms with E-state index in [0.29, 0.717) is 0 Å². The van der Waals surface area contributed by atoms with Crippen LogP contribution in [0.5, 0.6) is 0 Å². The van der Waals surface area contributed by atoms with Crippen LogP contribution in [0.1, 0.15) is 22.0 Å². The Kier molecular flexibility index (Phi) is 4.27. The van der Waals surface area contributed by atoms with Gasteiger partial charge in [0.25, 0.3) is 5.91 Å². The lowest BCUT2D eigenvalue weighted by Gasteiger charge is -2.15. The van der Waals surface area contributed by atoms with E-state index in [4.69, 9.17) is 5.11 Å². The Morgan fingerprint density at radius 2 is 1.76 bits per heavy atom. The summed E-state index contributed by atoms with van der Waals surface area (Å²) in [4.78, 5) is 23.2. The van der Waals surface area contributed by atoms with Crippen molar-refractivity contribution in [3.8, 4) is 0 Å². The number of hydrogen-bond acceptors (Lipinski definition) is 2. The van der Waals surface area contributed by atoms with E-state index in [1.807, 2.05) is 0 Å². The molecule has 0 saturated carbocycles. The fourth-order valence-electron chi connectivity index (χ4n) is 1.83. The highest BCUT2D eigenvalue weighted by Gasteiger charge is 2.25. The third kappa shape index (κ3) is 3.42. The fourth-order valence-corrected chi connectivity index (χ4v) is 1.83. The Morgan fingerprint density at radius 3 is 2.38 bits per heavy atom. The largest absolute Gasteiger partial charge is 0.479 e. The number of carbonyl (C=O) groups excluding carboxylic acids is 1. The Morgan fingerprint density at radius 1 is 1.05 bits per heavy atom. The second kappa shape index (κ2) is 6.13. The van der Waals surface area contributed by atoms with E-state index in [0.717, 1.165) is 18.2 Å². The number of amides is 1. The smallest absolute Gasteiger partial charge is 0.331 e. The van der Waals surface area contributed by atoms with Crippen molar-refractivity contribution in [3.05, 3.63) is 71.3 Å². The number of hydrogen-bond donors (Lipinski definition) is 2. The molecule has 2 rings (SSSR count). The van der Waals surface area contributed by atoms with E-state index >= 15 is 0 Å². The van der Waals surface area contributed by atoms with Gasteiger partial charge < -0.3 is 10.4 Å². The van der Waals surface area contributed by atoms with Crippen molar-refractivity contribution in [1.29, 1.82) is 0 Å². The molecule has 2 aromatic carbocycles. The number of carboxylic acids is 1. The van der Waals surface area contributed by atoms with E-state index in [1.54, 1.807) is 0 Å². The van der Waals surface area contributed by atoms with Crippen LogP contribution in [0.25, 0.3) is 0 Å². The number of benzene rings is 2. The highest BCUT2D eigenvalue weighted by atomic mass is 19.1. The van der Waals surface area contributed by atoms with Gasteiger partial charge in [-0.05, 0) is 24.3 Å². The maximum absolute atomic E-state index is 13.6. The SMILES string of the molecule is O=C(N[C@@H](C(=O)O)c1ccccc1F)c1cccc(F)c1. The van der Waals surface area contributed by atoms with Gasteiger partial charge in [0.15, 0.2) is 6.04 Å². The Hall–Kier alpha value is -2.76. The van der Waals surface area contributed by atoms with Gasteiger partial charge in [-0.1, -0.05) is 24.3 Å². The van der Waals surface area contributed by atoms with Crippen molar-refractivity contribution in [2.24, 2.45) is 0 Å². The average molecular weight is 291 g/mol. The molecule has 0 aromatic heterocycles. The first-order valence-corrected chi connectivity index (χ1v) is 6.02. The number of carboxylic acid groups (broad SMARTS) is 1. The molecule has 0 aliphatic rings. The molecule has 6 heteroatoms. The Labute approximate surface area is 119 Å². The quantitative estimate of drug-likeness (QED) is 0.909. The number of nitrogens with one attached hydrogen (secondary N) is 1. The zero-order valence-corrected chi connectivity index (χ0v) is 10.7.